The van der Waals surface area contributed by atoms with Crippen LogP contribution in [0.4, 0.5) is 0 Å². The van der Waals surface area contributed by atoms with E-state index in [-0.39, 0.29) is 0 Å². The SMILES string of the molecule is C[C@@H]1CCC(=O)[C@H]1I. The average Bonchev–Trinajstić information content (AvgIpc) is 1.98. The number of halogens is 1. The van der Waals surface area contributed by atoms with Gasteiger partial charge in [0.2, 0.25) is 0 Å². The predicted molar refractivity (Wildman–Crippen MR) is 41.2 cm³/mol. The Morgan fingerprint density at radius 2 is 2.38 bits per heavy atom. The van der Waals surface area contributed by atoms with Crippen LogP contribution in [-0.2, 0) is 4.79 Å². The molecule has 8 heavy (non-hydrogen) atoms. The first-order valence-electron chi connectivity index (χ1n) is 2.88. The second kappa shape index (κ2) is 2.33. The minimum Gasteiger partial charge on any atom is -0.299 e. The Bertz CT molecular complexity index is 111. The van der Waals surface area contributed by atoms with Crippen molar-refractivity contribution in [2.24, 2.45) is 5.92 Å². The largest absolute Gasteiger partial charge is 0.299 e. The molecule has 0 saturated heterocycles. The molecule has 0 aromatic rings. The van der Waals surface area contributed by atoms with Crippen molar-refractivity contribution in [3.63, 3.8) is 0 Å². The highest BCUT2D eigenvalue weighted by Gasteiger charge is 2.28. The highest BCUT2D eigenvalue weighted by Crippen LogP contribution is 2.27. The lowest BCUT2D eigenvalue weighted by Gasteiger charge is -2.01. The van der Waals surface area contributed by atoms with Crippen LogP contribution in [0.25, 0.3) is 0 Å². The summed E-state index contributed by atoms with van der Waals surface area (Å²) in [6.07, 6.45) is 1.92. The molecule has 0 N–H and O–H groups in total. The van der Waals surface area contributed by atoms with Gasteiger partial charge in [0.05, 0.1) is 3.92 Å². The van der Waals surface area contributed by atoms with E-state index in [9.17, 15) is 4.79 Å². The van der Waals surface area contributed by atoms with Gasteiger partial charge in [-0.1, -0.05) is 29.5 Å². The fourth-order valence-electron chi connectivity index (χ4n) is 0.971. The zero-order chi connectivity index (χ0) is 6.15. The molecule has 0 spiro atoms. The summed E-state index contributed by atoms with van der Waals surface area (Å²) in [5.74, 6) is 1.07. The molecular weight excluding hydrogens is 215 g/mol. The second-order valence-electron chi connectivity index (χ2n) is 2.38. The molecule has 1 saturated carbocycles. The Kier molecular flexibility index (Phi) is 1.90. The normalized spacial score (nSPS) is 38.5. The lowest BCUT2D eigenvalue weighted by molar-refractivity contribution is -0.116. The van der Waals surface area contributed by atoms with Gasteiger partial charge in [-0.25, -0.2) is 0 Å². The number of hydrogen-bond acceptors (Lipinski definition) is 1. The molecule has 1 aliphatic rings. The molecular formula is C6H9IO. The first-order chi connectivity index (χ1) is 3.72. The summed E-state index contributed by atoms with van der Waals surface area (Å²) in [6, 6.07) is 0. The number of rotatable bonds is 0. The fourth-order valence-corrected chi connectivity index (χ4v) is 1.64. The smallest absolute Gasteiger partial charge is 0.145 e. The van der Waals surface area contributed by atoms with Crippen molar-refractivity contribution in [2.75, 3.05) is 0 Å². The van der Waals surface area contributed by atoms with Gasteiger partial charge >= 0.3 is 0 Å². The molecule has 1 aliphatic carbocycles. The van der Waals surface area contributed by atoms with Crippen LogP contribution in [-0.4, -0.2) is 9.71 Å². The highest BCUT2D eigenvalue weighted by molar-refractivity contribution is 14.1. The van der Waals surface area contributed by atoms with Crippen LogP contribution in [0.15, 0.2) is 0 Å². The Hall–Kier alpha value is 0.400. The minimum absolute atomic E-state index is 0.313. The van der Waals surface area contributed by atoms with E-state index in [0.717, 1.165) is 12.8 Å². The van der Waals surface area contributed by atoms with Crippen LogP contribution in [0.5, 0.6) is 0 Å². The van der Waals surface area contributed by atoms with Gasteiger partial charge in [-0.3, -0.25) is 4.79 Å². The third-order valence-electron chi connectivity index (χ3n) is 1.65. The van der Waals surface area contributed by atoms with E-state index >= 15 is 0 Å². The number of carbonyl (C=O) groups excluding carboxylic acids is 1. The summed E-state index contributed by atoms with van der Waals surface area (Å²) in [5.41, 5.74) is 0. The summed E-state index contributed by atoms with van der Waals surface area (Å²) in [5, 5.41) is 0. The van der Waals surface area contributed by atoms with Crippen LogP contribution >= 0.6 is 22.6 Å². The Morgan fingerprint density at radius 3 is 2.50 bits per heavy atom. The van der Waals surface area contributed by atoms with Gasteiger partial charge in [0.1, 0.15) is 5.78 Å². The number of carbonyl (C=O) groups is 1. The van der Waals surface area contributed by atoms with Crippen molar-refractivity contribution in [2.45, 2.75) is 23.7 Å². The van der Waals surface area contributed by atoms with Gasteiger partial charge in [0, 0.05) is 6.42 Å². The van der Waals surface area contributed by atoms with Crippen LogP contribution < -0.4 is 0 Å². The molecule has 1 fully saturated rings. The molecule has 0 aliphatic heterocycles. The molecule has 46 valence electrons. The molecule has 0 aromatic carbocycles. The first-order valence-corrected chi connectivity index (χ1v) is 4.13. The maximum absolute atomic E-state index is 10.8. The molecule has 2 atom stereocenters. The molecule has 0 radical (unpaired) electrons. The van der Waals surface area contributed by atoms with Crippen molar-refractivity contribution >= 4 is 28.4 Å². The second-order valence-corrected chi connectivity index (χ2v) is 3.73. The average molecular weight is 224 g/mol. The Labute approximate surface area is 63.0 Å². The number of alkyl halides is 1. The van der Waals surface area contributed by atoms with E-state index in [2.05, 4.69) is 29.5 Å². The lowest BCUT2D eigenvalue weighted by Crippen LogP contribution is -2.09. The molecule has 1 nitrogen and oxygen atoms in total. The zero-order valence-electron chi connectivity index (χ0n) is 4.86. The summed E-state index contributed by atoms with van der Waals surface area (Å²) in [4.78, 5) is 10.8. The van der Waals surface area contributed by atoms with E-state index in [1.165, 1.54) is 0 Å². The minimum atomic E-state index is 0.313. The molecule has 0 unspecified atom stereocenters. The molecule has 0 bridgehead atoms. The molecule has 0 aromatic heterocycles. The Balaban J connectivity index is 2.56. The van der Waals surface area contributed by atoms with Crippen LogP contribution in [0.3, 0.4) is 0 Å². The van der Waals surface area contributed by atoms with E-state index < -0.39 is 0 Å². The number of Topliss-reactive ketones (excluding diaryl/α,β-unsaturated/α-hetero) is 1. The first kappa shape index (κ1) is 6.52. The Morgan fingerprint density at radius 1 is 1.75 bits per heavy atom. The van der Waals surface area contributed by atoms with Crippen molar-refractivity contribution in [1.82, 2.24) is 0 Å². The maximum Gasteiger partial charge on any atom is 0.145 e. The van der Waals surface area contributed by atoms with Gasteiger partial charge in [-0.15, -0.1) is 0 Å². The summed E-state index contributed by atoms with van der Waals surface area (Å²) < 4.78 is 0.313. The van der Waals surface area contributed by atoms with Crippen molar-refractivity contribution in [1.29, 1.82) is 0 Å². The monoisotopic (exact) mass is 224 g/mol. The highest BCUT2D eigenvalue weighted by atomic mass is 127. The van der Waals surface area contributed by atoms with E-state index in [1.807, 2.05) is 0 Å². The maximum atomic E-state index is 10.8. The number of hydrogen-bond donors (Lipinski definition) is 0. The van der Waals surface area contributed by atoms with Gasteiger partial charge in [0.25, 0.3) is 0 Å². The lowest BCUT2D eigenvalue weighted by atomic mass is 10.1. The fraction of sp³-hybridized carbons (Fsp3) is 0.833. The molecule has 1 rings (SSSR count). The van der Waals surface area contributed by atoms with Gasteiger partial charge < -0.3 is 0 Å². The van der Waals surface area contributed by atoms with Crippen molar-refractivity contribution in [3.8, 4) is 0 Å². The summed E-state index contributed by atoms with van der Waals surface area (Å²) in [6.45, 7) is 2.14. The summed E-state index contributed by atoms with van der Waals surface area (Å²) >= 11 is 2.23. The quantitative estimate of drug-likeness (QED) is 0.452. The van der Waals surface area contributed by atoms with Crippen LogP contribution in [0.2, 0.25) is 0 Å². The van der Waals surface area contributed by atoms with E-state index in [0.29, 0.717) is 15.6 Å². The third kappa shape index (κ3) is 1.04. The molecule has 0 heterocycles. The van der Waals surface area contributed by atoms with Crippen molar-refractivity contribution in [3.05, 3.63) is 0 Å². The van der Waals surface area contributed by atoms with E-state index in [1.54, 1.807) is 0 Å². The molecule has 0 amide bonds. The number of ketones is 1. The predicted octanol–water partition coefficient (Wildman–Crippen LogP) is 1.79. The van der Waals surface area contributed by atoms with Gasteiger partial charge in [-0.2, -0.15) is 0 Å². The molecule has 2 heteroatoms. The third-order valence-corrected chi connectivity index (χ3v) is 3.58. The van der Waals surface area contributed by atoms with Crippen molar-refractivity contribution < 1.29 is 4.79 Å². The standard InChI is InChI=1S/C6H9IO/c1-4-2-3-5(8)6(4)7/h4,6H,2-3H2,1H3/t4-,6+/m1/s1. The van der Waals surface area contributed by atoms with Gasteiger partial charge in [-0.05, 0) is 12.3 Å². The summed E-state index contributed by atoms with van der Waals surface area (Å²) in [7, 11) is 0. The zero-order valence-corrected chi connectivity index (χ0v) is 7.01. The topological polar surface area (TPSA) is 17.1 Å². The van der Waals surface area contributed by atoms with Crippen LogP contribution in [0.1, 0.15) is 19.8 Å². The van der Waals surface area contributed by atoms with E-state index in [4.69, 9.17) is 0 Å². The van der Waals surface area contributed by atoms with Crippen LogP contribution in [0, 0.1) is 5.92 Å². The van der Waals surface area contributed by atoms with Gasteiger partial charge in [0.15, 0.2) is 0 Å².